The highest BCUT2D eigenvalue weighted by Crippen LogP contribution is 2.21. The number of nitrogens with one attached hydrogen (secondary N) is 1. The number of carbonyl (C=O) groups is 1. The number of benzene rings is 1. The van der Waals surface area contributed by atoms with Gasteiger partial charge in [-0.25, -0.2) is 4.39 Å². The average molecular weight is 267 g/mol. The number of aliphatic carboxylic acids is 1. The van der Waals surface area contributed by atoms with Gasteiger partial charge in [0.05, 0.1) is 6.61 Å². The molecule has 1 saturated carbocycles. The standard InChI is InChI=1S/C14H18FNO3/c1-9-3-2-4-12(13(9)15)19-8-7-11(14(17)18)16-10-5-6-10/h2-4,10-11,16H,5-8H2,1H3,(H,17,18). The molecule has 0 spiro atoms. The summed E-state index contributed by atoms with van der Waals surface area (Å²) in [4.78, 5) is 11.0. The summed E-state index contributed by atoms with van der Waals surface area (Å²) < 4.78 is 19.0. The van der Waals surface area contributed by atoms with Crippen molar-refractivity contribution in [1.82, 2.24) is 5.32 Å². The summed E-state index contributed by atoms with van der Waals surface area (Å²) in [6.07, 6.45) is 2.37. The van der Waals surface area contributed by atoms with E-state index in [1.54, 1.807) is 25.1 Å². The Hall–Kier alpha value is -1.62. The normalized spacial score (nSPS) is 16.1. The van der Waals surface area contributed by atoms with Crippen molar-refractivity contribution in [1.29, 1.82) is 0 Å². The van der Waals surface area contributed by atoms with E-state index in [-0.39, 0.29) is 18.2 Å². The molecule has 19 heavy (non-hydrogen) atoms. The summed E-state index contributed by atoms with van der Waals surface area (Å²) in [5.74, 6) is -1.10. The number of carboxylic acid groups (broad SMARTS) is 1. The molecule has 0 radical (unpaired) electrons. The van der Waals surface area contributed by atoms with Crippen molar-refractivity contribution in [2.45, 2.75) is 38.3 Å². The number of hydrogen-bond donors (Lipinski definition) is 2. The van der Waals surface area contributed by atoms with Crippen LogP contribution in [0, 0.1) is 12.7 Å². The van der Waals surface area contributed by atoms with E-state index in [0.29, 0.717) is 18.0 Å². The Labute approximate surface area is 111 Å². The van der Waals surface area contributed by atoms with Gasteiger partial charge in [0.1, 0.15) is 6.04 Å². The Balaban J connectivity index is 1.83. The van der Waals surface area contributed by atoms with E-state index >= 15 is 0 Å². The van der Waals surface area contributed by atoms with Crippen molar-refractivity contribution < 1.29 is 19.0 Å². The molecular formula is C14H18FNO3. The van der Waals surface area contributed by atoms with E-state index in [4.69, 9.17) is 9.84 Å². The molecule has 1 unspecified atom stereocenters. The third-order valence-electron chi connectivity index (χ3n) is 3.13. The zero-order valence-corrected chi connectivity index (χ0v) is 10.9. The number of hydrogen-bond acceptors (Lipinski definition) is 3. The fraction of sp³-hybridized carbons (Fsp3) is 0.500. The van der Waals surface area contributed by atoms with Crippen LogP contribution in [0.5, 0.6) is 5.75 Å². The lowest BCUT2D eigenvalue weighted by atomic mass is 10.2. The van der Waals surface area contributed by atoms with Crippen molar-refractivity contribution in [2.24, 2.45) is 0 Å². The fourth-order valence-corrected chi connectivity index (χ4v) is 1.83. The van der Waals surface area contributed by atoms with E-state index in [1.165, 1.54) is 0 Å². The maximum atomic E-state index is 13.6. The molecule has 0 saturated heterocycles. The first-order valence-corrected chi connectivity index (χ1v) is 6.44. The molecular weight excluding hydrogens is 249 g/mol. The van der Waals surface area contributed by atoms with Crippen molar-refractivity contribution in [2.75, 3.05) is 6.61 Å². The Kier molecular flexibility index (Phi) is 4.37. The number of aryl methyl sites for hydroxylation is 1. The third-order valence-corrected chi connectivity index (χ3v) is 3.13. The molecule has 1 aromatic carbocycles. The lowest BCUT2D eigenvalue weighted by Crippen LogP contribution is -2.39. The molecule has 1 aromatic rings. The second kappa shape index (κ2) is 6.02. The predicted octanol–water partition coefficient (Wildman–Crippen LogP) is 2.11. The van der Waals surface area contributed by atoms with Crippen LogP contribution in [0.1, 0.15) is 24.8 Å². The molecule has 1 aliphatic rings. The SMILES string of the molecule is Cc1cccc(OCCC(NC2CC2)C(=O)O)c1F. The molecule has 5 heteroatoms. The van der Waals surface area contributed by atoms with E-state index < -0.39 is 12.0 Å². The number of ether oxygens (including phenoxy) is 1. The highest BCUT2D eigenvalue weighted by atomic mass is 19.1. The van der Waals surface area contributed by atoms with E-state index in [0.717, 1.165) is 12.8 Å². The van der Waals surface area contributed by atoms with Gasteiger partial charge >= 0.3 is 5.97 Å². The Morgan fingerprint density at radius 2 is 2.32 bits per heavy atom. The minimum atomic E-state index is -0.889. The summed E-state index contributed by atoms with van der Waals surface area (Å²) in [5, 5.41) is 12.1. The summed E-state index contributed by atoms with van der Waals surface area (Å²) >= 11 is 0. The first-order valence-electron chi connectivity index (χ1n) is 6.44. The first kappa shape index (κ1) is 13.8. The Morgan fingerprint density at radius 3 is 2.95 bits per heavy atom. The molecule has 2 rings (SSSR count). The van der Waals surface area contributed by atoms with E-state index in [1.807, 2.05) is 0 Å². The van der Waals surface area contributed by atoms with Crippen LogP contribution in [0.3, 0.4) is 0 Å². The summed E-state index contributed by atoms with van der Waals surface area (Å²) in [6, 6.07) is 4.62. The molecule has 1 fully saturated rings. The molecule has 0 amide bonds. The smallest absolute Gasteiger partial charge is 0.320 e. The zero-order valence-electron chi connectivity index (χ0n) is 10.9. The van der Waals surface area contributed by atoms with Crippen LogP contribution in [-0.4, -0.2) is 29.8 Å². The van der Waals surface area contributed by atoms with E-state index in [2.05, 4.69) is 5.32 Å². The maximum absolute atomic E-state index is 13.6. The molecule has 0 aliphatic heterocycles. The van der Waals surface area contributed by atoms with Crippen LogP contribution in [0.15, 0.2) is 18.2 Å². The topological polar surface area (TPSA) is 58.6 Å². The average Bonchev–Trinajstić information content (AvgIpc) is 3.17. The molecule has 1 atom stereocenters. The lowest BCUT2D eigenvalue weighted by molar-refractivity contribution is -0.139. The van der Waals surface area contributed by atoms with E-state index in [9.17, 15) is 9.18 Å². The Morgan fingerprint density at radius 1 is 1.58 bits per heavy atom. The molecule has 0 aromatic heterocycles. The second-order valence-electron chi connectivity index (χ2n) is 4.86. The minimum absolute atomic E-state index is 0.176. The molecule has 1 aliphatic carbocycles. The van der Waals surface area contributed by atoms with Gasteiger partial charge in [-0.15, -0.1) is 0 Å². The van der Waals surface area contributed by atoms with Gasteiger partial charge in [0.15, 0.2) is 11.6 Å². The van der Waals surface area contributed by atoms with Crippen LogP contribution >= 0.6 is 0 Å². The fourth-order valence-electron chi connectivity index (χ4n) is 1.83. The largest absolute Gasteiger partial charge is 0.490 e. The number of halogens is 1. The molecule has 0 heterocycles. The second-order valence-corrected chi connectivity index (χ2v) is 4.86. The van der Waals surface area contributed by atoms with Gasteiger partial charge in [0.2, 0.25) is 0 Å². The summed E-state index contributed by atoms with van der Waals surface area (Å²) in [6.45, 7) is 1.84. The molecule has 4 nitrogen and oxygen atoms in total. The molecule has 2 N–H and O–H groups in total. The minimum Gasteiger partial charge on any atom is -0.490 e. The van der Waals surface area contributed by atoms with Crippen LogP contribution in [0.4, 0.5) is 4.39 Å². The highest BCUT2D eigenvalue weighted by molar-refractivity contribution is 5.73. The van der Waals surface area contributed by atoms with Gasteiger partial charge in [-0.2, -0.15) is 0 Å². The van der Waals surface area contributed by atoms with Gasteiger partial charge in [-0.3, -0.25) is 4.79 Å². The van der Waals surface area contributed by atoms with Crippen LogP contribution in [-0.2, 0) is 4.79 Å². The Bertz CT molecular complexity index is 460. The van der Waals surface area contributed by atoms with Gasteiger partial charge in [-0.05, 0) is 31.4 Å². The quantitative estimate of drug-likeness (QED) is 0.794. The van der Waals surface area contributed by atoms with Crippen molar-refractivity contribution >= 4 is 5.97 Å². The third kappa shape index (κ3) is 3.92. The summed E-state index contributed by atoms with van der Waals surface area (Å²) in [7, 11) is 0. The number of rotatable bonds is 7. The van der Waals surface area contributed by atoms with Crippen molar-refractivity contribution in [3.05, 3.63) is 29.6 Å². The zero-order chi connectivity index (χ0) is 13.8. The van der Waals surface area contributed by atoms with Gasteiger partial charge in [0.25, 0.3) is 0 Å². The molecule has 104 valence electrons. The van der Waals surface area contributed by atoms with Gasteiger partial charge < -0.3 is 15.2 Å². The van der Waals surface area contributed by atoms with Crippen molar-refractivity contribution in [3.8, 4) is 5.75 Å². The number of carboxylic acids is 1. The first-order chi connectivity index (χ1) is 9.08. The van der Waals surface area contributed by atoms with Crippen LogP contribution in [0.2, 0.25) is 0 Å². The lowest BCUT2D eigenvalue weighted by Gasteiger charge is -2.15. The van der Waals surface area contributed by atoms with Crippen molar-refractivity contribution in [3.63, 3.8) is 0 Å². The maximum Gasteiger partial charge on any atom is 0.320 e. The molecule has 0 bridgehead atoms. The van der Waals surface area contributed by atoms with Gasteiger partial charge in [0, 0.05) is 12.5 Å². The van der Waals surface area contributed by atoms with Crippen LogP contribution in [0.25, 0.3) is 0 Å². The van der Waals surface area contributed by atoms with Gasteiger partial charge in [-0.1, -0.05) is 12.1 Å². The summed E-state index contributed by atoms with van der Waals surface area (Å²) in [5.41, 5.74) is 0.517. The van der Waals surface area contributed by atoms with Crippen LogP contribution < -0.4 is 10.1 Å². The highest BCUT2D eigenvalue weighted by Gasteiger charge is 2.28. The predicted molar refractivity (Wildman–Crippen MR) is 68.8 cm³/mol. The monoisotopic (exact) mass is 267 g/mol.